The number of anilines is 1. The molecule has 0 aromatic heterocycles. The molecule has 1 N–H and O–H groups in total. The van der Waals surface area contributed by atoms with Gasteiger partial charge in [-0.15, -0.1) is 0 Å². The molecule has 1 spiro atoms. The first-order valence-electron chi connectivity index (χ1n) is 11.7. The molecule has 184 valence electrons. The monoisotopic (exact) mass is 470 g/mol. The molecule has 3 fully saturated rings. The number of carbonyl (C=O) groups excluding carboxylic acids is 1. The van der Waals surface area contributed by atoms with Crippen molar-refractivity contribution in [1.29, 1.82) is 0 Å². The summed E-state index contributed by atoms with van der Waals surface area (Å²) in [6.45, 7) is 14.2. The van der Waals surface area contributed by atoms with Crippen LogP contribution < -0.4 is 10.1 Å². The maximum atomic E-state index is 12.7. The summed E-state index contributed by atoms with van der Waals surface area (Å²) in [5.41, 5.74) is 1.67. The Labute approximate surface area is 201 Å². The van der Waals surface area contributed by atoms with Crippen molar-refractivity contribution in [3.8, 4) is 5.75 Å². The lowest BCUT2D eigenvalue weighted by Gasteiger charge is -2.42. The van der Waals surface area contributed by atoms with E-state index in [2.05, 4.69) is 37.0 Å². The maximum absolute atomic E-state index is 12.7. The fraction of sp³-hybridized carbons (Fsp3) is 0.615. The lowest BCUT2D eigenvalue weighted by atomic mass is 9.68. The molecule has 4 rings (SSSR count). The van der Waals surface area contributed by atoms with E-state index in [9.17, 15) is 4.79 Å². The van der Waals surface area contributed by atoms with Crippen LogP contribution in [0.2, 0.25) is 0 Å². The summed E-state index contributed by atoms with van der Waals surface area (Å²) in [6, 6.07) is 5.12. The highest BCUT2D eigenvalue weighted by atomic mass is 16.6. The largest absolute Gasteiger partial charge is 0.508 e. The van der Waals surface area contributed by atoms with E-state index in [1.807, 2.05) is 0 Å². The third kappa shape index (κ3) is 4.78. The second-order valence-electron chi connectivity index (χ2n) is 9.76. The molecule has 1 aliphatic carbocycles. The van der Waals surface area contributed by atoms with Crippen molar-refractivity contribution in [1.82, 2.24) is 0 Å². The van der Waals surface area contributed by atoms with Crippen LogP contribution in [0.25, 0.3) is 4.85 Å². The van der Waals surface area contributed by atoms with Crippen LogP contribution in [0.3, 0.4) is 0 Å². The molecule has 6 atom stereocenters. The Morgan fingerprint density at radius 2 is 2.12 bits per heavy atom. The number of hydrogen-bond donors (Lipinski definition) is 1. The third-order valence-corrected chi connectivity index (χ3v) is 7.26. The van der Waals surface area contributed by atoms with E-state index in [1.54, 1.807) is 25.3 Å². The zero-order valence-corrected chi connectivity index (χ0v) is 20.6. The molecule has 34 heavy (non-hydrogen) atoms. The van der Waals surface area contributed by atoms with Crippen molar-refractivity contribution in [2.75, 3.05) is 32.7 Å². The van der Waals surface area contributed by atoms with Crippen LogP contribution in [0, 0.1) is 12.5 Å². The van der Waals surface area contributed by atoms with Crippen molar-refractivity contribution in [3.05, 3.63) is 41.3 Å². The van der Waals surface area contributed by atoms with E-state index >= 15 is 0 Å². The first kappa shape index (κ1) is 24.5. The maximum Gasteiger partial charge on any atom is 0.325 e. The minimum absolute atomic E-state index is 0.0112. The molecular weight excluding hydrogens is 436 g/mol. The summed E-state index contributed by atoms with van der Waals surface area (Å²) in [6.07, 6.45) is 3.96. The number of nitrogens with zero attached hydrogens (tertiary/aromatic N) is 1. The van der Waals surface area contributed by atoms with E-state index < -0.39 is 0 Å². The number of epoxide rings is 2. The smallest absolute Gasteiger partial charge is 0.325 e. The lowest BCUT2D eigenvalue weighted by Crippen LogP contribution is -2.55. The molecule has 0 bridgehead atoms. The van der Waals surface area contributed by atoms with Gasteiger partial charge in [-0.1, -0.05) is 11.6 Å². The number of allylic oxidation sites excluding steroid dienone is 1. The summed E-state index contributed by atoms with van der Waals surface area (Å²) in [4.78, 5) is 16.2. The predicted molar refractivity (Wildman–Crippen MR) is 127 cm³/mol. The van der Waals surface area contributed by atoms with Gasteiger partial charge in [0.05, 0.1) is 32.3 Å². The standard InChI is InChI=1S/C26H34N2O6/c1-16(2)7-10-21-25(3,34-21)24-23(31-6)20(11-12-26(24)15-32-26)33-22(29)14-28-17-8-9-19(30-5)18(13-17)27-4/h7-9,13,20-21,23-24,28H,10-12,14-15H2,1-3,5-6H3. The highest BCUT2D eigenvalue weighted by Crippen LogP contribution is 2.59. The van der Waals surface area contributed by atoms with Gasteiger partial charge >= 0.3 is 5.97 Å². The van der Waals surface area contributed by atoms with Crippen LogP contribution in [-0.4, -0.2) is 62.9 Å². The number of rotatable bonds is 9. The van der Waals surface area contributed by atoms with Crippen LogP contribution in [0.15, 0.2) is 29.8 Å². The molecule has 2 saturated heterocycles. The number of ether oxygens (including phenoxy) is 5. The molecule has 0 radical (unpaired) electrons. The fourth-order valence-corrected chi connectivity index (χ4v) is 5.34. The molecule has 2 heterocycles. The van der Waals surface area contributed by atoms with Crippen LogP contribution >= 0.6 is 0 Å². The number of methoxy groups -OCH3 is 2. The lowest BCUT2D eigenvalue weighted by molar-refractivity contribution is -0.170. The van der Waals surface area contributed by atoms with Gasteiger partial charge in [0.25, 0.3) is 0 Å². The summed E-state index contributed by atoms with van der Waals surface area (Å²) in [7, 11) is 3.18. The van der Waals surface area contributed by atoms with Crippen LogP contribution in [-0.2, 0) is 23.7 Å². The third-order valence-electron chi connectivity index (χ3n) is 7.26. The molecule has 1 aromatic carbocycles. The summed E-state index contributed by atoms with van der Waals surface area (Å²) in [5.74, 6) is 0.110. The number of carbonyl (C=O) groups is 1. The Morgan fingerprint density at radius 1 is 1.35 bits per heavy atom. The van der Waals surface area contributed by atoms with E-state index in [0.717, 1.165) is 12.8 Å². The highest BCUT2D eigenvalue weighted by molar-refractivity contribution is 5.76. The van der Waals surface area contributed by atoms with Crippen molar-refractivity contribution >= 4 is 17.3 Å². The number of nitrogens with one attached hydrogen (secondary N) is 1. The second-order valence-corrected chi connectivity index (χ2v) is 9.76. The predicted octanol–water partition coefficient (Wildman–Crippen LogP) is 4.28. The van der Waals surface area contributed by atoms with Gasteiger partial charge in [-0.25, -0.2) is 4.85 Å². The van der Waals surface area contributed by atoms with Crippen molar-refractivity contribution in [3.63, 3.8) is 0 Å². The van der Waals surface area contributed by atoms with Gasteiger partial charge in [0, 0.05) is 12.8 Å². The topological polar surface area (TPSA) is 86.2 Å². The van der Waals surface area contributed by atoms with Gasteiger partial charge in [0.1, 0.15) is 35.7 Å². The van der Waals surface area contributed by atoms with Gasteiger partial charge in [0.2, 0.25) is 5.69 Å². The van der Waals surface area contributed by atoms with E-state index in [0.29, 0.717) is 30.2 Å². The minimum Gasteiger partial charge on any atom is -0.508 e. The summed E-state index contributed by atoms with van der Waals surface area (Å²) in [5, 5.41) is 3.04. The Balaban J connectivity index is 1.40. The SMILES string of the molecule is [C-]#[N+]c1cc(NCC(=O)OC2CCC3(CO3)C(C3(C)OC3CC=C(C)C)C2OC)ccc1OC. The zero-order valence-electron chi connectivity index (χ0n) is 20.6. The van der Waals surface area contributed by atoms with Crippen molar-refractivity contribution in [2.24, 2.45) is 5.92 Å². The molecule has 8 heteroatoms. The van der Waals surface area contributed by atoms with Crippen LogP contribution in [0.1, 0.15) is 40.0 Å². The first-order valence-corrected chi connectivity index (χ1v) is 11.7. The second kappa shape index (κ2) is 9.57. The first-order chi connectivity index (χ1) is 16.3. The molecule has 1 aromatic rings. The average Bonchev–Trinajstić information content (AvgIpc) is 3.74. The van der Waals surface area contributed by atoms with Crippen molar-refractivity contribution < 1.29 is 28.5 Å². The Hall–Kier alpha value is -2.60. The van der Waals surface area contributed by atoms with Crippen LogP contribution in [0.5, 0.6) is 5.75 Å². The molecular formula is C26H34N2O6. The van der Waals surface area contributed by atoms with E-state index in [4.69, 9.17) is 30.3 Å². The zero-order chi connectivity index (χ0) is 24.5. The highest BCUT2D eigenvalue weighted by Gasteiger charge is 2.72. The number of hydrogen-bond acceptors (Lipinski definition) is 7. The normalized spacial score (nSPS) is 33.5. The van der Waals surface area contributed by atoms with Gasteiger partial charge in [0.15, 0.2) is 0 Å². The van der Waals surface area contributed by atoms with Crippen molar-refractivity contribution in [2.45, 2.75) is 69.5 Å². The Morgan fingerprint density at radius 3 is 2.74 bits per heavy atom. The summed E-state index contributed by atoms with van der Waals surface area (Å²) >= 11 is 0. The molecule has 2 aliphatic heterocycles. The average molecular weight is 471 g/mol. The number of benzene rings is 1. The fourth-order valence-electron chi connectivity index (χ4n) is 5.34. The van der Waals surface area contributed by atoms with E-state index in [-0.39, 0.29) is 47.9 Å². The molecule has 6 unspecified atom stereocenters. The Kier molecular flexibility index (Phi) is 6.90. The molecule has 0 amide bonds. The summed E-state index contributed by atoms with van der Waals surface area (Å²) < 4.78 is 29.2. The van der Waals surface area contributed by atoms with Crippen LogP contribution in [0.4, 0.5) is 11.4 Å². The van der Waals surface area contributed by atoms with Gasteiger partial charge in [-0.3, -0.25) is 4.79 Å². The van der Waals surface area contributed by atoms with Gasteiger partial charge < -0.3 is 29.0 Å². The Bertz CT molecular complexity index is 993. The molecule has 1 saturated carbocycles. The van der Waals surface area contributed by atoms with Gasteiger partial charge in [-0.05, 0) is 58.2 Å². The van der Waals surface area contributed by atoms with Gasteiger partial charge in [-0.2, -0.15) is 0 Å². The molecule has 8 nitrogen and oxygen atoms in total. The number of esters is 1. The quantitative estimate of drug-likeness (QED) is 0.250. The van der Waals surface area contributed by atoms with E-state index in [1.165, 1.54) is 12.7 Å². The molecule has 3 aliphatic rings. The minimum atomic E-state index is -0.376.